The number of nitro benzene ring substituents is 1. The largest absolute Gasteiger partial charge is 0.494 e. The first-order chi connectivity index (χ1) is 9.85. The Kier molecular flexibility index (Phi) is 3.74. The van der Waals surface area contributed by atoms with E-state index in [0.29, 0.717) is 0 Å². The predicted octanol–water partition coefficient (Wildman–Crippen LogP) is 1.18. The number of rotatable bonds is 4. The highest BCUT2D eigenvalue weighted by Gasteiger charge is 2.37. The zero-order chi connectivity index (χ0) is 15.7. The van der Waals surface area contributed by atoms with Gasteiger partial charge in [-0.3, -0.25) is 19.7 Å². The van der Waals surface area contributed by atoms with Gasteiger partial charge in [0.1, 0.15) is 5.75 Å². The summed E-state index contributed by atoms with van der Waals surface area (Å²) in [4.78, 5) is 33.7. The number of ether oxygens (including phenoxy) is 1. The van der Waals surface area contributed by atoms with Crippen LogP contribution in [0.25, 0.3) is 0 Å². The van der Waals surface area contributed by atoms with Gasteiger partial charge in [0.05, 0.1) is 23.6 Å². The van der Waals surface area contributed by atoms with Gasteiger partial charge >= 0.3 is 11.7 Å². The highest BCUT2D eigenvalue weighted by molar-refractivity contribution is 6.00. The van der Waals surface area contributed by atoms with Crippen LogP contribution in [0.4, 0.5) is 15.8 Å². The van der Waals surface area contributed by atoms with Crippen molar-refractivity contribution in [3.63, 3.8) is 0 Å². The van der Waals surface area contributed by atoms with Crippen molar-refractivity contribution < 1.29 is 28.7 Å². The maximum absolute atomic E-state index is 13.5. The number of nitrogens with zero attached hydrogens (tertiary/aromatic N) is 2. The van der Waals surface area contributed by atoms with Crippen molar-refractivity contribution in [3.8, 4) is 5.75 Å². The van der Waals surface area contributed by atoms with E-state index in [1.165, 1.54) is 7.11 Å². The van der Waals surface area contributed by atoms with E-state index in [1.54, 1.807) is 0 Å². The van der Waals surface area contributed by atoms with Gasteiger partial charge in [0, 0.05) is 25.1 Å². The highest BCUT2D eigenvalue weighted by atomic mass is 19.1. The van der Waals surface area contributed by atoms with Crippen molar-refractivity contribution in [2.75, 3.05) is 18.6 Å². The van der Waals surface area contributed by atoms with Gasteiger partial charge in [0.15, 0.2) is 0 Å². The van der Waals surface area contributed by atoms with Crippen LogP contribution in [0.3, 0.4) is 0 Å². The summed E-state index contributed by atoms with van der Waals surface area (Å²) in [5, 5.41) is 19.7. The number of halogens is 1. The van der Waals surface area contributed by atoms with Gasteiger partial charge in [-0.15, -0.1) is 0 Å². The van der Waals surface area contributed by atoms with E-state index in [4.69, 9.17) is 9.84 Å². The normalized spacial score (nSPS) is 17.9. The molecule has 8 nitrogen and oxygen atoms in total. The van der Waals surface area contributed by atoms with Crippen LogP contribution in [0.5, 0.6) is 5.75 Å². The van der Waals surface area contributed by atoms with E-state index >= 15 is 0 Å². The number of carbonyl (C=O) groups is 2. The van der Waals surface area contributed by atoms with Crippen LogP contribution in [0.2, 0.25) is 0 Å². The molecule has 1 atom stereocenters. The average Bonchev–Trinajstić information content (AvgIpc) is 2.80. The minimum absolute atomic E-state index is 0.0145. The topological polar surface area (TPSA) is 110 Å². The van der Waals surface area contributed by atoms with Crippen LogP contribution in [0.1, 0.15) is 6.42 Å². The molecule has 0 spiro atoms. The second-order valence-electron chi connectivity index (χ2n) is 4.48. The fourth-order valence-electron chi connectivity index (χ4n) is 2.15. The molecule has 1 fully saturated rings. The first kappa shape index (κ1) is 14.7. The lowest BCUT2D eigenvalue weighted by atomic mass is 10.1. The lowest BCUT2D eigenvalue weighted by molar-refractivity contribution is -0.387. The number of carboxylic acid groups (broad SMARTS) is 1. The van der Waals surface area contributed by atoms with Gasteiger partial charge in [-0.25, -0.2) is 0 Å². The first-order valence-corrected chi connectivity index (χ1v) is 5.90. The Balaban J connectivity index is 2.47. The average molecular weight is 298 g/mol. The number of hydrogen-bond donors (Lipinski definition) is 1. The Morgan fingerprint density at radius 3 is 2.71 bits per heavy atom. The number of carbonyl (C=O) groups excluding carboxylic acids is 1. The molecule has 0 radical (unpaired) electrons. The molecule has 9 heteroatoms. The van der Waals surface area contributed by atoms with Gasteiger partial charge in [0.25, 0.3) is 0 Å². The molecule has 0 aromatic heterocycles. The molecule has 0 aliphatic carbocycles. The summed E-state index contributed by atoms with van der Waals surface area (Å²) in [7, 11) is 1.22. The maximum atomic E-state index is 13.5. The minimum Gasteiger partial charge on any atom is -0.494 e. The second kappa shape index (κ2) is 5.35. The van der Waals surface area contributed by atoms with E-state index in [1.807, 2.05) is 0 Å². The van der Waals surface area contributed by atoms with Crippen molar-refractivity contribution >= 4 is 23.3 Å². The molecule has 112 valence electrons. The van der Waals surface area contributed by atoms with Crippen molar-refractivity contribution in [2.24, 2.45) is 5.92 Å². The molecule has 1 unspecified atom stereocenters. The molecular formula is C12H11FN2O6. The molecule has 1 aromatic rings. The molecule has 1 amide bonds. The standard InChI is InChI=1S/C12H11FN2O6/c1-21-10-3-7(13)8(15(19)20)4-9(10)14-5-6(12(17)18)2-11(14)16/h3-4,6H,2,5H2,1H3,(H,17,18). The number of nitro groups is 1. The first-order valence-electron chi connectivity index (χ1n) is 5.90. The third kappa shape index (κ3) is 2.62. The second-order valence-corrected chi connectivity index (χ2v) is 4.48. The molecule has 1 aliphatic heterocycles. The summed E-state index contributed by atoms with van der Waals surface area (Å²) in [6.07, 6.45) is -0.219. The Morgan fingerprint density at radius 2 is 2.24 bits per heavy atom. The van der Waals surface area contributed by atoms with Crippen molar-refractivity contribution in [1.82, 2.24) is 0 Å². The predicted molar refractivity (Wildman–Crippen MR) is 67.7 cm³/mol. The third-order valence-corrected chi connectivity index (χ3v) is 3.21. The van der Waals surface area contributed by atoms with Crippen LogP contribution in [-0.2, 0) is 9.59 Å². The Bertz CT molecular complexity index is 632. The molecule has 21 heavy (non-hydrogen) atoms. The molecule has 1 heterocycles. The van der Waals surface area contributed by atoms with Gasteiger partial charge in [-0.05, 0) is 0 Å². The molecule has 1 aromatic carbocycles. The fourth-order valence-corrected chi connectivity index (χ4v) is 2.15. The summed E-state index contributed by atoms with van der Waals surface area (Å²) >= 11 is 0. The van der Waals surface area contributed by atoms with E-state index in [9.17, 15) is 24.1 Å². The summed E-state index contributed by atoms with van der Waals surface area (Å²) in [5.41, 5.74) is -0.822. The number of anilines is 1. The summed E-state index contributed by atoms with van der Waals surface area (Å²) in [5.74, 6) is -3.73. The Labute approximate surface area is 117 Å². The van der Waals surface area contributed by atoms with E-state index in [-0.39, 0.29) is 24.4 Å². The zero-order valence-electron chi connectivity index (χ0n) is 10.9. The molecule has 2 rings (SSSR count). The molecule has 0 saturated carbocycles. The molecular weight excluding hydrogens is 287 g/mol. The van der Waals surface area contributed by atoms with Crippen molar-refractivity contribution in [2.45, 2.75) is 6.42 Å². The Hall–Kier alpha value is -2.71. The summed E-state index contributed by atoms with van der Waals surface area (Å²) < 4.78 is 18.5. The van der Waals surface area contributed by atoms with Crippen molar-refractivity contribution in [3.05, 3.63) is 28.1 Å². The quantitative estimate of drug-likeness (QED) is 0.660. The lowest BCUT2D eigenvalue weighted by Crippen LogP contribution is -2.26. The van der Waals surface area contributed by atoms with E-state index in [2.05, 4.69) is 0 Å². The summed E-state index contributed by atoms with van der Waals surface area (Å²) in [6, 6.07) is 1.67. The monoisotopic (exact) mass is 298 g/mol. The maximum Gasteiger partial charge on any atom is 0.308 e. The molecule has 0 bridgehead atoms. The Morgan fingerprint density at radius 1 is 1.57 bits per heavy atom. The highest BCUT2D eigenvalue weighted by Crippen LogP contribution is 2.37. The van der Waals surface area contributed by atoms with Gasteiger partial charge in [0.2, 0.25) is 11.7 Å². The van der Waals surface area contributed by atoms with Gasteiger partial charge in [-0.2, -0.15) is 4.39 Å². The third-order valence-electron chi connectivity index (χ3n) is 3.21. The SMILES string of the molecule is COc1cc(F)c([N+](=O)[O-])cc1N1CC(C(=O)O)CC1=O. The van der Waals surface area contributed by atoms with Crippen LogP contribution in [-0.4, -0.2) is 35.6 Å². The number of aliphatic carboxylic acids is 1. The smallest absolute Gasteiger partial charge is 0.308 e. The van der Waals surface area contributed by atoms with Gasteiger partial charge < -0.3 is 14.7 Å². The number of methoxy groups -OCH3 is 1. The number of hydrogen-bond acceptors (Lipinski definition) is 5. The number of amides is 1. The van der Waals surface area contributed by atoms with Gasteiger partial charge in [-0.1, -0.05) is 0 Å². The van der Waals surface area contributed by atoms with Crippen LogP contribution in [0, 0.1) is 21.8 Å². The molecule has 1 aliphatic rings. The number of carboxylic acids is 1. The molecule has 1 N–H and O–H groups in total. The lowest BCUT2D eigenvalue weighted by Gasteiger charge is -2.19. The van der Waals surface area contributed by atoms with E-state index < -0.39 is 34.2 Å². The van der Waals surface area contributed by atoms with Crippen LogP contribution in [0.15, 0.2) is 12.1 Å². The van der Waals surface area contributed by atoms with Crippen LogP contribution < -0.4 is 9.64 Å². The fraction of sp³-hybridized carbons (Fsp3) is 0.333. The zero-order valence-corrected chi connectivity index (χ0v) is 10.9. The molecule has 1 saturated heterocycles. The number of benzene rings is 1. The van der Waals surface area contributed by atoms with E-state index in [0.717, 1.165) is 17.0 Å². The minimum atomic E-state index is -1.14. The van der Waals surface area contributed by atoms with Crippen LogP contribution >= 0.6 is 0 Å². The summed E-state index contributed by atoms with van der Waals surface area (Å²) in [6.45, 7) is -0.146. The van der Waals surface area contributed by atoms with Crippen molar-refractivity contribution in [1.29, 1.82) is 0 Å².